The normalized spacial score (nSPS) is 10.2. The molecule has 0 bridgehead atoms. The van der Waals surface area contributed by atoms with Crippen molar-refractivity contribution in [3.05, 3.63) is 0 Å². The summed E-state index contributed by atoms with van der Waals surface area (Å²) in [6, 6.07) is 0.433. The fourth-order valence-corrected chi connectivity index (χ4v) is 0.725. The third-order valence-corrected chi connectivity index (χ3v) is 1.67. The number of rotatable bonds is 5. The van der Waals surface area contributed by atoms with Crippen LogP contribution in [0.2, 0.25) is 0 Å². The zero-order valence-electron chi connectivity index (χ0n) is 8.96. The predicted molar refractivity (Wildman–Crippen MR) is 52.8 cm³/mol. The zero-order chi connectivity index (χ0) is 10.3. The summed E-state index contributed by atoms with van der Waals surface area (Å²) in [5, 5.41) is 3.16. The van der Waals surface area contributed by atoms with Gasteiger partial charge in [0, 0.05) is 26.2 Å². The van der Waals surface area contributed by atoms with Crippen LogP contribution in [0.3, 0.4) is 0 Å². The highest BCUT2D eigenvalue weighted by Gasteiger charge is 2.06. The van der Waals surface area contributed by atoms with Crippen molar-refractivity contribution in [1.29, 1.82) is 0 Å². The summed E-state index contributed by atoms with van der Waals surface area (Å²) in [4.78, 5) is 12.6. The lowest BCUT2D eigenvalue weighted by atomic mass is 10.4. The zero-order valence-corrected chi connectivity index (χ0v) is 8.96. The van der Waals surface area contributed by atoms with E-state index in [1.54, 1.807) is 7.05 Å². The van der Waals surface area contributed by atoms with Gasteiger partial charge in [-0.2, -0.15) is 0 Å². The second kappa shape index (κ2) is 6.71. The molecule has 0 rings (SSSR count). The van der Waals surface area contributed by atoms with Gasteiger partial charge in [0.15, 0.2) is 0 Å². The first kappa shape index (κ1) is 12.2. The summed E-state index contributed by atoms with van der Waals surface area (Å²) in [6.07, 6.45) is -0.256. The van der Waals surface area contributed by atoms with Gasteiger partial charge in [0.05, 0.1) is 0 Å². The Labute approximate surface area is 80.2 Å². The molecule has 0 aromatic heterocycles. The Morgan fingerprint density at radius 2 is 2.15 bits per heavy atom. The molecule has 78 valence electrons. The first-order chi connectivity index (χ1) is 6.07. The lowest BCUT2D eigenvalue weighted by Crippen LogP contribution is -2.31. The summed E-state index contributed by atoms with van der Waals surface area (Å²) in [5.41, 5.74) is 0. The van der Waals surface area contributed by atoms with E-state index in [-0.39, 0.29) is 6.09 Å². The van der Waals surface area contributed by atoms with Crippen molar-refractivity contribution in [3.8, 4) is 0 Å². The summed E-state index contributed by atoms with van der Waals surface area (Å²) in [6.45, 7) is 7.84. The van der Waals surface area contributed by atoms with E-state index in [1.807, 2.05) is 6.92 Å². The van der Waals surface area contributed by atoms with E-state index in [4.69, 9.17) is 4.74 Å². The smallest absolute Gasteiger partial charge is 0.409 e. The minimum absolute atomic E-state index is 0.256. The van der Waals surface area contributed by atoms with Crippen LogP contribution in [-0.4, -0.2) is 43.8 Å². The second-order valence-electron chi connectivity index (χ2n) is 3.24. The molecule has 0 aliphatic heterocycles. The van der Waals surface area contributed by atoms with E-state index in [2.05, 4.69) is 19.2 Å². The third-order valence-electron chi connectivity index (χ3n) is 1.67. The molecule has 13 heavy (non-hydrogen) atoms. The van der Waals surface area contributed by atoms with Gasteiger partial charge in [-0.1, -0.05) is 13.8 Å². The summed E-state index contributed by atoms with van der Waals surface area (Å²) < 4.78 is 4.97. The highest BCUT2D eigenvalue weighted by atomic mass is 16.6. The van der Waals surface area contributed by atoms with Gasteiger partial charge < -0.3 is 15.0 Å². The molecule has 4 heteroatoms. The van der Waals surface area contributed by atoms with Gasteiger partial charge in [0.2, 0.25) is 0 Å². The largest absolute Gasteiger partial charge is 0.448 e. The average Bonchev–Trinajstić information content (AvgIpc) is 2.10. The van der Waals surface area contributed by atoms with E-state index in [1.165, 1.54) is 4.90 Å². The molecular formula is C9H20N2O2. The number of hydrogen-bond donors (Lipinski definition) is 1. The van der Waals surface area contributed by atoms with Gasteiger partial charge in [-0.25, -0.2) is 4.79 Å². The molecule has 1 amide bonds. The molecule has 1 N–H and O–H groups in total. The number of carbonyl (C=O) groups excluding carboxylic acids is 1. The third kappa shape index (κ3) is 6.40. The summed E-state index contributed by atoms with van der Waals surface area (Å²) in [7, 11) is 1.72. The van der Waals surface area contributed by atoms with Crippen LogP contribution >= 0.6 is 0 Å². The predicted octanol–water partition coefficient (Wildman–Crippen LogP) is 1.07. The maximum atomic E-state index is 11.1. The Balaban J connectivity index is 3.37. The van der Waals surface area contributed by atoms with Crippen LogP contribution in [0, 0.1) is 0 Å². The van der Waals surface area contributed by atoms with Crippen molar-refractivity contribution in [2.24, 2.45) is 0 Å². The summed E-state index contributed by atoms with van der Waals surface area (Å²) >= 11 is 0. The SMILES string of the molecule is CCN(C)C(=O)OCCNC(C)C. The van der Waals surface area contributed by atoms with Gasteiger partial charge >= 0.3 is 6.09 Å². The maximum absolute atomic E-state index is 11.1. The fraction of sp³-hybridized carbons (Fsp3) is 0.889. The Kier molecular flexibility index (Phi) is 6.32. The number of hydrogen-bond acceptors (Lipinski definition) is 3. The van der Waals surface area contributed by atoms with Crippen molar-refractivity contribution in [1.82, 2.24) is 10.2 Å². The molecule has 4 nitrogen and oxygen atoms in total. The molecule has 0 atom stereocenters. The van der Waals surface area contributed by atoms with Crippen LogP contribution in [0.25, 0.3) is 0 Å². The highest BCUT2D eigenvalue weighted by molar-refractivity contribution is 5.67. The minimum atomic E-state index is -0.256. The standard InChI is InChI=1S/C9H20N2O2/c1-5-11(4)9(12)13-7-6-10-8(2)3/h8,10H,5-7H2,1-4H3. The van der Waals surface area contributed by atoms with E-state index >= 15 is 0 Å². The number of nitrogens with one attached hydrogen (secondary N) is 1. The first-order valence-corrected chi connectivity index (χ1v) is 4.69. The molecule has 0 aliphatic rings. The lowest BCUT2D eigenvalue weighted by molar-refractivity contribution is 0.113. The van der Waals surface area contributed by atoms with Gasteiger partial charge in [0.25, 0.3) is 0 Å². The van der Waals surface area contributed by atoms with Crippen LogP contribution in [0.5, 0.6) is 0 Å². The lowest BCUT2D eigenvalue weighted by Gasteiger charge is -2.15. The average molecular weight is 188 g/mol. The molecular weight excluding hydrogens is 168 g/mol. The van der Waals surface area contributed by atoms with Crippen molar-refractivity contribution >= 4 is 6.09 Å². The summed E-state index contributed by atoms with van der Waals surface area (Å²) in [5.74, 6) is 0. The molecule has 0 aromatic rings. The van der Waals surface area contributed by atoms with E-state index in [9.17, 15) is 4.79 Å². The van der Waals surface area contributed by atoms with Crippen molar-refractivity contribution in [2.45, 2.75) is 26.8 Å². The highest BCUT2D eigenvalue weighted by Crippen LogP contribution is 1.88. The molecule has 0 fully saturated rings. The van der Waals surface area contributed by atoms with Gasteiger partial charge in [0.1, 0.15) is 6.61 Å². The van der Waals surface area contributed by atoms with E-state index in [0.717, 1.165) is 0 Å². The van der Waals surface area contributed by atoms with Gasteiger partial charge in [-0.3, -0.25) is 0 Å². The number of amides is 1. The molecule has 0 aromatic carbocycles. The monoisotopic (exact) mass is 188 g/mol. The second-order valence-corrected chi connectivity index (χ2v) is 3.24. The molecule has 0 aliphatic carbocycles. The molecule has 0 radical (unpaired) electrons. The fourth-order valence-electron chi connectivity index (χ4n) is 0.725. The molecule has 0 unspecified atom stereocenters. The van der Waals surface area contributed by atoms with Gasteiger partial charge in [-0.05, 0) is 6.92 Å². The Morgan fingerprint density at radius 3 is 2.62 bits per heavy atom. The van der Waals surface area contributed by atoms with Crippen LogP contribution < -0.4 is 5.32 Å². The number of nitrogens with zero attached hydrogens (tertiary/aromatic N) is 1. The Bertz CT molecular complexity index is 149. The number of ether oxygens (including phenoxy) is 1. The topological polar surface area (TPSA) is 41.6 Å². The Morgan fingerprint density at radius 1 is 1.54 bits per heavy atom. The van der Waals surface area contributed by atoms with E-state index < -0.39 is 0 Å². The van der Waals surface area contributed by atoms with E-state index in [0.29, 0.717) is 25.7 Å². The first-order valence-electron chi connectivity index (χ1n) is 4.69. The number of carbonyl (C=O) groups is 1. The van der Waals surface area contributed by atoms with Crippen molar-refractivity contribution < 1.29 is 9.53 Å². The molecule has 0 spiro atoms. The molecule has 0 heterocycles. The van der Waals surface area contributed by atoms with Crippen molar-refractivity contribution in [2.75, 3.05) is 26.7 Å². The van der Waals surface area contributed by atoms with Crippen molar-refractivity contribution in [3.63, 3.8) is 0 Å². The quantitative estimate of drug-likeness (QED) is 0.656. The maximum Gasteiger partial charge on any atom is 0.409 e. The van der Waals surface area contributed by atoms with Crippen LogP contribution in [0.1, 0.15) is 20.8 Å². The molecule has 0 saturated carbocycles. The van der Waals surface area contributed by atoms with Crippen LogP contribution in [0.4, 0.5) is 4.79 Å². The van der Waals surface area contributed by atoms with Gasteiger partial charge in [-0.15, -0.1) is 0 Å². The minimum Gasteiger partial charge on any atom is -0.448 e. The Hall–Kier alpha value is -0.770. The van der Waals surface area contributed by atoms with Crippen LogP contribution in [-0.2, 0) is 4.74 Å². The van der Waals surface area contributed by atoms with Crippen LogP contribution in [0.15, 0.2) is 0 Å². The molecule has 0 saturated heterocycles.